The number of hydrogen-bond donors (Lipinski definition) is 0. The molecular formula is C9H16N4O2S. The minimum absolute atomic E-state index is 0.167. The summed E-state index contributed by atoms with van der Waals surface area (Å²) in [6.07, 6.45) is 0. The molecule has 6 nitrogen and oxygen atoms in total. The summed E-state index contributed by atoms with van der Waals surface area (Å²) in [6.45, 7) is 6.13. The van der Waals surface area contributed by atoms with E-state index in [2.05, 4.69) is 15.5 Å². The van der Waals surface area contributed by atoms with Gasteiger partial charge >= 0.3 is 5.97 Å². The fourth-order valence-corrected chi connectivity index (χ4v) is 2.05. The van der Waals surface area contributed by atoms with Gasteiger partial charge in [0.05, 0.1) is 6.61 Å². The molecule has 0 saturated carbocycles. The van der Waals surface area contributed by atoms with Crippen molar-refractivity contribution in [3.8, 4) is 0 Å². The predicted octanol–water partition coefficient (Wildman–Crippen LogP) is 0.890. The van der Waals surface area contributed by atoms with Crippen molar-refractivity contribution in [3.05, 3.63) is 0 Å². The molecule has 0 radical (unpaired) electrons. The zero-order chi connectivity index (χ0) is 12.1. The first-order valence-corrected chi connectivity index (χ1v) is 5.99. The number of aryl methyl sites for hydroxylation is 1. The van der Waals surface area contributed by atoms with Crippen LogP contribution < -0.4 is 0 Å². The first kappa shape index (κ1) is 13.0. The lowest BCUT2D eigenvalue weighted by molar-refractivity contribution is -0.143. The summed E-state index contributed by atoms with van der Waals surface area (Å²) in [5.41, 5.74) is 0. The number of nitrogens with zero attached hydrogens (tertiary/aromatic N) is 4. The van der Waals surface area contributed by atoms with E-state index in [1.807, 2.05) is 13.8 Å². The van der Waals surface area contributed by atoms with Gasteiger partial charge in [0.15, 0.2) is 0 Å². The summed E-state index contributed by atoms with van der Waals surface area (Å²) in [6, 6.07) is 0. The molecule has 0 amide bonds. The van der Waals surface area contributed by atoms with Gasteiger partial charge in [0, 0.05) is 7.05 Å². The third-order valence-electron chi connectivity index (χ3n) is 1.94. The second-order valence-corrected chi connectivity index (χ2v) is 4.73. The number of esters is 1. The Hall–Kier alpha value is -1.11. The van der Waals surface area contributed by atoms with Crippen molar-refractivity contribution in [1.82, 2.24) is 20.2 Å². The average molecular weight is 244 g/mol. The molecule has 1 aromatic heterocycles. The Morgan fingerprint density at radius 2 is 2.25 bits per heavy atom. The summed E-state index contributed by atoms with van der Waals surface area (Å²) < 4.78 is 6.56. The maximum Gasteiger partial charge on any atom is 0.319 e. The topological polar surface area (TPSA) is 69.9 Å². The van der Waals surface area contributed by atoms with E-state index in [1.165, 1.54) is 11.8 Å². The molecule has 1 aromatic rings. The van der Waals surface area contributed by atoms with Crippen molar-refractivity contribution in [2.24, 2.45) is 13.0 Å². The highest BCUT2D eigenvalue weighted by atomic mass is 32.2. The minimum atomic E-state index is -0.273. The van der Waals surface area contributed by atoms with Crippen molar-refractivity contribution in [2.75, 3.05) is 6.61 Å². The summed E-state index contributed by atoms with van der Waals surface area (Å²) in [4.78, 5) is 11.7. The van der Waals surface area contributed by atoms with E-state index < -0.39 is 0 Å². The van der Waals surface area contributed by atoms with Crippen LogP contribution in [0.25, 0.3) is 0 Å². The lowest BCUT2D eigenvalue weighted by atomic mass is 10.1. The Labute approximate surface area is 98.7 Å². The molecule has 0 aliphatic heterocycles. The summed E-state index contributed by atoms with van der Waals surface area (Å²) in [5, 5.41) is 11.4. The third-order valence-corrected chi connectivity index (χ3v) is 3.49. The molecule has 7 heteroatoms. The van der Waals surface area contributed by atoms with Crippen LogP contribution in [-0.4, -0.2) is 38.0 Å². The van der Waals surface area contributed by atoms with Crippen LogP contribution >= 0.6 is 11.8 Å². The van der Waals surface area contributed by atoms with Crippen LogP contribution in [-0.2, 0) is 16.6 Å². The Morgan fingerprint density at radius 3 is 2.69 bits per heavy atom. The molecule has 1 rings (SSSR count). The fourth-order valence-electron chi connectivity index (χ4n) is 1.12. The van der Waals surface area contributed by atoms with Gasteiger partial charge in [-0.2, -0.15) is 0 Å². The Kier molecular flexibility index (Phi) is 4.72. The molecule has 16 heavy (non-hydrogen) atoms. The molecular weight excluding hydrogens is 228 g/mol. The number of hydrogen-bond acceptors (Lipinski definition) is 6. The van der Waals surface area contributed by atoms with Crippen LogP contribution in [0.4, 0.5) is 0 Å². The van der Waals surface area contributed by atoms with Gasteiger partial charge in [0.25, 0.3) is 0 Å². The number of rotatable bonds is 5. The summed E-state index contributed by atoms with van der Waals surface area (Å²) in [5.74, 6) is -0.0498. The highest BCUT2D eigenvalue weighted by molar-refractivity contribution is 8.00. The van der Waals surface area contributed by atoms with Crippen molar-refractivity contribution in [1.29, 1.82) is 0 Å². The van der Waals surface area contributed by atoms with Gasteiger partial charge in [-0.1, -0.05) is 25.6 Å². The van der Waals surface area contributed by atoms with Crippen LogP contribution in [0.5, 0.6) is 0 Å². The van der Waals surface area contributed by atoms with Crippen LogP contribution in [0.2, 0.25) is 0 Å². The Bertz CT molecular complexity index is 353. The zero-order valence-electron chi connectivity index (χ0n) is 9.88. The highest BCUT2D eigenvalue weighted by Crippen LogP contribution is 2.26. The van der Waals surface area contributed by atoms with Gasteiger partial charge in [0.1, 0.15) is 5.25 Å². The van der Waals surface area contributed by atoms with Gasteiger partial charge in [-0.15, -0.1) is 5.10 Å². The van der Waals surface area contributed by atoms with E-state index in [9.17, 15) is 4.79 Å². The average Bonchev–Trinajstić information content (AvgIpc) is 2.60. The number of thioether (sulfide) groups is 1. The molecule has 0 bridgehead atoms. The number of ether oxygens (including phenoxy) is 1. The maximum atomic E-state index is 11.7. The highest BCUT2D eigenvalue weighted by Gasteiger charge is 2.26. The largest absolute Gasteiger partial charge is 0.465 e. The molecule has 0 aliphatic carbocycles. The lowest BCUT2D eigenvalue weighted by Crippen LogP contribution is -2.26. The molecule has 1 atom stereocenters. The van der Waals surface area contributed by atoms with Gasteiger partial charge < -0.3 is 4.74 Å². The van der Waals surface area contributed by atoms with Crippen LogP contribution in [0.3, 0.4) is 0 Å². The van der Waals surface area contributed by atoms with Gasteiger partial charge in [-0.05, 0) is 23.3 Å². The monoisotopic (exact) mass is 244 g/mol. The van der Waals surface area contributed by atoms with Crippen molar-refractivity contribution < 1.29 is 9.53 Å². The summed E-state index contributed by atoms with van der Waals surface area (Å²) >= 11 is 1.33. The Balaban J connectivity index is 2.72. The van der Waals surface area contributed by atoms with Crippen LogP contribution in [0.1, 0.15) is 20.8 Å². The molecule has 90 valence electrons. The zero-order valence-corrected chi connectivity index (χ0v) is 10.7. The SMILES string of the molecule is CCOC(=O)[C@H](Sc1nnnn1C)C(C)C. The van der Waals surface area contributed by atoms with Gasteiger partial charge in [0.2, 0.25) is 5.16 Å². The van der Waals surface area contributed by atoms with Gasteiger partial charge in [-0.25, -0.2) is 4.68 Å². The maximum absolute atomic E-state index is 11.7. The molecule has 0 spiro atoms. The van der Waals surface area contributed by atoms with E-state index >= 15 is 0 Å². The second-order valence-electron chi connectivity index (χ2n) is 3.62. The standard InChI is InChI=1S/C9H16N4O2S/c1-5-15-8(14)7(6(2)3)16-9-10-11-12-13(9)4/h6-7H,5H2,1-4H3/t7-/m1/s1. The van der Waals surface area contributed by atoms with E-state index in [-0.39, 0.29) is 17.1 Å². The number of carbonyl (C=O) groups is 1. The molecule has 0 N–H and O–H groups in total. The van der Waals surface area contributed by atoms with Crippen LogP contribution in [0.15, 0.2) is 5.16 Å². The van der Waals surface area contributed by atoms with E-state index in [4.69, 9.17) is 4.74 Å². The molecule has 0 saturated heterocycles. The molecule has 0 aromatic carbocycles. The first-order chi connectivity index (χ1) is 7.56. The van der Waals surface area contributed by atoms with Crippen LogP contribution in [0, 0.1) is 5.92 Å². The molecule has 0 aliphatic rings. The van der Waals surface area contributed by atoms with E-state index in [0.29, 0.717) is 11.8 Å². The number of tetrazole rings is 1. The second kappa shape index (κ2) is 5.83. The lowest BCUT2D eigenvalue weighted by Gasteiger charge is -2.17. The van der Waals surface area contributed by atoms with E-state index in [0.717, 1.165) is 0 Å². The third kappa shape index (κ3) is 3.19. The number of aromatic nitrogens is 4. The fraction of sp³-hybridized carbons (Fsp3) is 0.778. The Morgan fingerprint density at radius 1 is 1.56 bits per heavy atom. The first-order valence-electron chi connectivity index (χ1n) is 5.11. The van der Waals surface area contributed by atoms with Crippen molar-refractivity contribution >= 4 is 17.7 Å². The smallest absolute Gasteiger partial charge is 0.319 e. The van der Waals surface area contributed by atoms with E-state index in [1.54, 1.807) is 18.7 Å². The minimum Gasteiger partial charge on any atom is -0.465 e. The van der Waals surface area contributed by atoms with Crippen molar-refractivity contribution in [3.63, 3.8) is 0 Å². The van der Waals surface area contributed by atoms with Gasteiger partial charge in [-0.3, -0.25) is 4.79 Å². The quantitative estimate of drug-likeness (QED) is 0.566. The normalized spacial score (nSPS) is 12.8. The van der Waals surface area contributed by atoms with Crippen molar-refractivity contribution in [2.45, 2.75) is 31.2 Å². The summed E-state index contributed by atoms with van der Waals surface area (Å²) in [7, 11) is 1.74. The molecule has 1 heterocycles. The number of carbonyl (C=O) groups excluding carboxylic acids is 1. The molecule has 0 fully saturated rings. The molecule has 0 unspecified atom stereocenters. The predicted molar refractivity (Wildman–Crippen MR) is 59.9 cm³/mol.